The van der Waals surface area contributed by atoms with Crippen molar-refractivity contribution in [1.82, 2.24) is 0 Å². The predicted molar refractivity (Wildman–Crippen MR) is 63.9 cm³/mol. The maximum Gasteiger partial charge on any atom is 0.165 e. The molecular weight excluding hydrogens is 243 g/mol. The van der Waals surface area contributed by atoms with E-state index < -0.39 is 0 Å². The normalized spacial score (nSPS) is 18.6. The Morgan fingerprint density at radius 3 is 3.12 bits per heavy atom. The first-order valence-electron chi connectivity index (χ1n) is 5.38. The third-order valence-electron chi connectivity index (χ3n) is 2.41. The Labute approximate surface area is 105 Å². The zero-order valence-electron chi connectivity index (χ0n) is 9.21. The molecule has 0 amide bonds. The van der Waals surface area contributed by atoms with Gasteiger partial charge in [-0.2, -0.15) is 0 Å². The van der Waals surface area contributed by atoms with Crippen molar-refractivity contribution >= 4 is 11.6 Å². The van der Waals surface area contributed by atoms with Gasteiger partial charge < -0.3 is 9.47 Å². The van der Waals surface area contributed by atoms with E-state index in [0.717, 1.165) is 6.42 Å². The monoisotopic (exact) mass is 254 g/mol. The lowest BCUT2D eigenvalue weighted by atomic mass is 10.2. The summed E-state index contributed by atoms with van der Waals surface area (Å²) in [7, 11) is 0. The molecule has 17 heavy (non-hydrogen) atoms. The minimum absolute atomic E-state index is 0.0688. The molecule has 2 nitrogen and oxygen atoms in total. The van der Waals surface area contributed by atoms with Crippen LogP contribution in [0.1, 0.15) is 12.0 Å². The van der Waals surface area contributed by atoms with Gasteiger partial charge in [-0.1, -0.05) is 11.8 Å². The zero-order chi connectivity index (χ0) is 12.1. The van der Waals surface area contributed by atoms with Gasteiger partial charge in [0.05, 0.1) is 19.1 Å². The first-order chi connectivity index (χ1) is 8.29. The number of halogens is 2. The number of ether oxygens (including phenoxy) is 2. The van der Waals surface area contributed by atoms with Crippen LogP contribution in [0.2, 0.25) is 0 Å². The van der Waals surface area contributed by atoms with Gasteiger partial charge >= 0.3 is 0 Å². The maximum absolute atomic E-state index is 13.5. The van der Waals surface area contributed by atoms with Crippen LogP contribution in [-0.4, -0.2) is 25.2 Å². The molecule has 1 unspecified atom stereocenters. The van der Waals surface area contributed by atoms with Crippen LogP contribution in [0.25, 0.3) is 0 Å². The first kappa shape index (κ1) is 12.2. The minimum atomic E-state index is -0.381. The maximum atomic E-state index is 13.5. The summed E-state index contributed by atoms with van der Waals surface area (Å²) in [6, 6.07) is 4.55. The summed E-state index contributed by atoms with van der Waals surface area (Å²) in [6.07, 6.45) is 0.720. The smallest absolute Gasteiger partial charge is 0.165 e. The second kappa shape index (κ2) is 5.90. The molecule has 1 aromatic carbocycles. The number of rotatable bonds is 2. The van der Waals surface area contributed by atoms with Crippen LogP contribution >= 0.6 is 11.6 Å². The molecule has 0 N–H and O–H groups in total. The van der Waals surface area contributed by atoms with Crippen molar-refractivity contribution in [3.8, 4) is 17.6 Å². The fraction of sp³-hybridized carbons (Fsp3) is 0.385. The number of hydrogen-bond donors (Lipinski definition) is 0. The zero-order valence-corrected chi connectivity index (χ0v) is 9.97. The Morgan fingerprint density at radius 1 is 1.53 bits per heavy atom. The van der Waals surface area contributed by atoms with E-state index in [1.807, 2.05) is 0 Å². The Hall–Kier alpha value is -1.24. The summed E-state index contributed by atoms with van der Waals surface area (Å²) in [4.78, 5) is 0. The van der Waals surface area contributed by atoms with Crippen LogP contribution in [0.5, 0.6) is 5.75 Å². The largest absolute Gasteiger partial charge is 0.485 e. The minimum Gasteiger partial charge on any atom is -0.485 e. The molecule has 1 atom stereocenters. The van der Waals surface area contributed by atoms with Crippen molar-refractivity contribution < 1.29 is 13.9 Å². The van der Waals surface area contributed by atoms with E-state index in [1.165, 1.54) is 6.07 Å². The third kappa shape index (κ3) is 3.36. The standard InChI is InChI=1S/C13H12ClFO2/c14-6-1-2-10-3-4-12(15)13(8-10)17-11-5-7-16-9-11/h3-4,8,11H,5-7,9H2. The number of hydrogen-bond acceptors (Lipinski definition) is 2. The highest BCUT2D eigenvalue weighted by Crippen LogP contribution is 2.22. The average Bonchev–Trinajstić information content (AvgIpc) is 2.83. The van der Waals surface area contributed by atoms with Crippen LogP contribution in [0, 0.1) is 17.7 Å². The van der Waals surface area contributed by atoms with E-state index in [9.17, 15) is 4.39 Å². The fourth-order valence-corrected chi connectivity index (χ4v) is 1.66. The van der Waals surface area contributed by atoms with E-state index in [1.54, 1.807) is 12.1 Å². The summed E-state index contributed by atoms with van der Waals surface area (Å²) < 4.78 is 24.2. The molecule has 0 radical (unpaired) electrons. The van der Waals surface area contributed by atoms with Crippen LogP contribution < -0.4 is 4.74 Å². The second-order valence-electron chi connectivity index (χ2n) is 3.68. The van der Waals surface area contributed by atoms with Crippen molar-refractivity contribution in [2.75, 3.05) is 19.1 Å². The fourth-order valence-electron chi connectivity index (χ4n) is 1.59. The molecule has 0 aliphatic carbocycles. The summed E-state index contributed by atoms with van der Waals surface area (Å²) in [5.41, 5.74) is 0.695. The number of alkyl halides is 1. The molecule has 0 saturated carbocycles. The molecule has 0 bridgehead atoms. The number of benzene rings is 1. The SMILES string of the molecule is Fc1ccc(C#CCCl)cc1OC1CCOC1. The van der Waals surface area contributed by atoms with Gasteiger partial charge in [-0.3, -0.25) is 0 Å². The molecule has 90 valence electrons. The lowest BCUT2D eigenvalue weighted by molar-refractivity contribution is 0.138. The highest BCUT2D eigenvalue weighted by atomic mass is 35.5. The molecular formula is C13H12ClFO2. The summed E-state index contributed by atoms with van der Waals surface area (Å²) in [5.74, 6) is 5.64. The summed E-state index contributed by atoms with van der Waals surface area (Å²) in [6.45, 7) is 1.18. The van der Waals surface area contributed by atoms with Crippen LogP contribution in [0.15, 0.2) is 18.2 Å². The Morgan fingerprint density at radius 2 is 2.41 bits per heavy atom. The lowest BCUT2D eigenvalue weighted by Gasteiger charge is -2.12. The van der Waals surface area contributed by atoms with Gasteiger partial charge in [0, 0.05) is 12.0 Å². The van der Waals surface area contributed by atoms with Gasteiger partial charge in [-0.15, -0.1) is 11.6 Å². The topological polar surface area (TPSA) is 18.5 Å². The predicted octanol–water partition coefficient (Wildman–Crippen LogP) is 2.58. The first-order valence-corrected chi connectivity index (χ1v) is 5.92. The van der Waals surface area contributed by atoms with Gasteiger partial charge in [-0.05, 0) is 18.2 Å². The van der Waals surface area contributed by atoms with E-state index >= 15 is 0 Å². The van der Waals surface area contributed by atoms with Crippen LogP contribution in [-0.2, 0) is 4.74 Å². The quantitative estimate of drug-likeness (QED) is 0.597. The van der Waals surface area contributed by atoms with Crippen molar-refractivity contribution in [1.29, 1.82) is 0 Å². The molecule has 0 aromatic heterocycles. The Balaban J connectivity index is 2.13. The van der Waals surface area contributed by atoms with Crippen LogP contribution in [0.4, 0.5) is 4.39 Å². The second-order valence-corrected chi connectivity index (χ2v) is 3.95. The summed E-state index contributed by atoms with van der Waals surface area (Å²) >= 11 is 5.46. The Kier molecular flexibility index (Phi) is 4.24. The molecule has 1 aromatic rings. The molecule has 1 heterocycles. The van der Waals surface area contributed by atoms with E-state index in [-0.39, 0.29) is 23.6 Å². The lowest BCUT2D eigenvalue weighted by Crippen LogP contribution is -2.16. The van der Waals surface area contributed by atoms with Gasteiger partial charge in [0.15, 0.2) is 11.6 Å². The van der Waals surface area contributed by atoms with Gasteiger partial charge in [0.25, 0.3) is 0 Å². The van der Waals surface area contributed by atoms with Gasteiger partial charge in [0.2, 0.25) is 0 Å². The Bertz CT molecular complexity index is 444. The van der Waals surface area contributed by atoms with Crippen molar-refractivity contribution in [2.24, 2.45) is 0 Å². The highest BCUT2D eigenvalue weighted by molar-refractivity contribution is 6.19. The van der Waals surface area contributed by atoms with Gasteiger partial charge in [-0.25, -0.2) is 4.39 Å². The van der Waals surface area contributed by atoms with Crippen molar-refractivity contribution in [3.05, 3.63) is 29.6 Å². The van der Waals surface area contributed by atoms with Crippen molar-refractivity contribution in [2.45, 2.75) is 12.5 Å². The van der Waals surface area contributed by atoms with Crippen molar-refractivity contribution in [3.63, 3.8) is 0 Å². The molecule has 1 saturated heterocycles. The van der Waals surface area contributed by atoms with Crippen LogP contribution in [0.3, 0.4) is 0 Å². The summed E-state index contributed by atoms with van der Waals surface area (Å²) in [5, 5.41) is 0. The van der Waals surface area contributed by atoms with Gasteiger partial charge in [0.1, 0.15) is 6.10 Å². The average molecular weight is 255 g/mol. The molecule has 1 aliphatic heterocycles. The third-order valence-corrected chi connectivity index (χ3v) is 2.55. The molecule has 4 heteroatoms. The molecule has 1 aliphatic rings. The molecule has 0 spiro atoms. The van der Waals surface area contributed by atoms with E-state index in [0.29, 0.717) is 18.8 Å². The molecule has 1 fully saturated rings. The molecule has 2 rings (SSSR count). The van der Waals surface area contributed by atoms with E-state index in [4.69, 9.17) is 21.1 Å². The highest BCUT2D eigenvalue weighted by Gasteiger charge is 2.18. The van der Waals surface area contributed by atoms with E-state index in [2.05, 4.69) is 11.8 Å².